The van der Waals surface area contributed by atoms with Gasteiger partial charge in [-0.25, -0.2) is 4.63 Å². The van der Waals surface area contributed by atoms with Crippen LogP contribution in [0.3, 0.4) is 0 Å². The number of nitrogens with zero attached hydrogens (tertiary/aromatic N) is 2. The Hall–Kier alpha value is -3.87. The zero-order valence-corrected chi connectivity index (χ0v) is 15.3. The van der Waals surface area contributed by atoms with Crippen molar-refractivity contribution in [2.24, 2.45) is 0 Å². The van der Waals surface area contributed by atoms with Gasteiger partial charge in [0.1, 0.15) is 0 Å². The average molecular weight is 375 g/mol. The maximum atomic E-state index is 12.9. The summed E-state index contributed by atoms with van der Waals surface area (Å²) < 4.78 is 15.4. The lowest BCUT2D eigenvalue weighted by atomic mass is 10.0. The van der Waals surface area contributed by atoms with E-state index in [0.717, 1.165) is 10.8 Å². The first kappa shape index (κ1) is 17.5. The average Bonchev–Trinajstić information content (AvgIpc) is 3.20. The fraction of sp³-hybridized carbons (Fsp3) is 0.0952. The van der Waals surface area contributed by atoms with Crippen molar-refractivity contribution in [1.82, 2.24) is 10.3 Å². The Kier molecular flexibility index (Phi) is 4.63. The third-order valence-corrected chi connectivity index (χ3v) is 4.41. The molecule has 3 aromatic carbocycles. The third-order valence-electron chi connectivity index (χ3n) is 4.41. The standard InChI is InChI=1S/C21H17N3O4/c1-26-17-11-10-14(12-18(17)27-2)19-20(24-28-23-19)22-21(25)16-9-5-7-13-6-3-4-8-15(13)16/h3-12H,1-2H3,(H,22,24,25). The van der Waals surface area contributed by atoms with Gasteiger partial charge in [0, 0.05) is 11.1 Å². The third kappa shape index (κ3) is 3.14. The van der Waals surface area contributed by atoms with E-state index in [1.54, 1.807) is 38.5 Å². The molecule has 0 unspecified atom stereocenters. The molecule has 140 valence electrons. The minimum atomic E-state index is -0.297. The first-order chi connectivity index (χ1) is 13.7. The Labute approximate surface area is 160 Å². The summed E-state index contributed by atoms with van der Waals surface area (Å²) in [6.07, 6.45) is 0. The van der Waals surface area contributed by atoms with Gasteiger partial charge in [-0.05, 0) is 45.4 Å². The van der Waals surface area contributed by atoms with Crippen molar-refractivity contribution < 1.29 is 18.9 Å². The van der Waals surface area contributed by atoms with Crippen LogP contribution in [0.2, 0.25) is 0 Å². The Morgan fingerprint density at radius 3 is 2.54 bits per heavy atom. The summed E-state index contributed by atoms with van der Waals surface area (Å²) in [4.78, 5) is 12.9. The van der Waals surface area contributed by atoms with Crippen LogP contribution >= 0.6 is 0 Å². The van der Waals surface area contributed by atoms with Crippen LogP contribution in [0.15, 0.2) is 65.3 Å². The largest absolute Gasteiger partial charge is 0.493 e. The molecular formula is C21H17N3O4. The van der Waals surface area contributed by atoms with Gasteiger partial charge in [0.25, 0.3) is 5.91 Å². The lowest BCUT2D eigenvalue weighted by Gasteiger charge is -2.09. The number of rotatable bonds is 5. The maximum absolute atomic E-state index is 12.9. The number of fused-ring (bicyclic) bond motifs is 1. The van der Waals surface area contributed by atoms with Gasteiger partial charge in [0.15, 0.2) is 17.2 Å². The molecule has 0 aliphatic heterocycles. The summed E-state index contributed by atoms with van der Waals surface area (Å²) in [5, 5.41) is 12.4. The van der Waals surface area contributed by atoms with Crippen molar-refractivity contribution in [3.63, 3.8) is 0 Å². The molecule has 1 amide bonds. The summed E-state index contributed by atoms with van der Waals surface area (Å²) in [6, 6.07) is 18.5. The second kappa shape index (κ2) is 7.40. The molecule has 0 bridgehead atoms. The molecule has 0 saturated heterocycles. The molecule has 0 atom stereocenters. The Morgan fingerprint density at radius 2 is 1.71 bits per heavy atom. The topological polar surface area (TPSA) is 86.5 Å². The molecule has 0 aliphatic rings. The van der Waals surface area contributed by atoms with Crippen LogP contribution in [-0.4, -0.2) is 30.4 Å². The van der Waals surface area contributed by atoms with Gasteiger partial charge in [-0.2, -0.15) is 0 Å². The highest BCUT2D eigenvalue weighted by atomic mass is 16.6. The predicted molar refractivity (Wildman–Crippen MR) is 105 cm³/mol. The second-order valence-electron chi connectivity index (χ2n) is 6.01. The predicted octanol–water partition coefficient (Wildman–Crippen LogP) is 4.16. The van der Waals surface area contributed by atoms with Gasteiger partial charge in [-0.3, -0.25) is 4.79 Å². The van der Waals surface area contributed by atoms with Crippen molar-refractivity contribution in [3.8, 4) is 22.8 Å². The highest BCUT2D eigenvalue weighted by Gasteiger charge is 2.19. The molecule has 0 fully saturated rings. The molecule has 1 aromatic heterocycles. The molecule has 1 heterocycles. The molecule has 1 N–H and O–H groups in total. The van der Waals surface area contributed by atoms with Gasteiger partial charge in [-0.15, -0.1) is 0 Å². The van der Waals surface area contributed by atoms with Crippen LogP contribution in [-0.2, 0) is 0 Å². The van der Waals surface area contributed by atoms with Gasteiger partial charge in [-0.1, -0.05) is 36.4 Å². The first-order valence-electron chi connectivity index (χ1n) is 8.55. The molecule has 28 heavy (non-hydrogen) atoms. The number of nitrogens with one attached hydrogen (secondary N) is 1. The summed E-state index contributed by atoms with van der Waals surface area (Å²) in [7, 11) is 3.11. The van der Waals surface area contributed by atoms with Crippen LogP contribution in [0.25, 0.3) is 22.0 Å². The van der Waals surface area contributed by atoms with Crippen molar-refractivity contribution in [2.45, 2.75) is 0 Å². The van der Waals surface area contributed by atoms with Crippen LogP contribution in [0, 0.1) is 0 Å². The minimum absolute atomic E-state index is 0.227. The number of carbonyl (C=O) groups excluding carboxylic acids is 1. The zero-order valence-electron chi connectivity index (χ0n) is 15.3. The smallest absolute Gasteiger partial charge is 0.257 e. The van der Waals surface area contributed by atoms with E-state index in [0.29, 0.717) is 28.3 Å². The number of methoxy groups -OCH3 is 2. The zero-order chi connectivity index (χ0) is 19.5. The fourth-order valence-corrected chi connectivity index (χ4v) is 3.04. The lowest BCUT2D eigenvalue weighted by molar-refractivity contribution is 0.102. The van der Waals surface area contributed by atoms with E-state index in [1.165, 1.54) is 0 Å². The number of amides is 1. The van der Waals surface area contributed by atoms with Crippen molar-refractivity contribution in [3.05, 3.63) is 66.2 Å². The molecular weight excluding hydrogens is 358 g/mol. The lowest BCUT2D eigenvalue weighted by Crippen LogP contribution is -2.13. The van der Waals surface area contributed by atoms with E-state index in [2.05, 4.69) is 15.6 Å². The van der Waals surface area contributed by atoms with Gasteiger partial charge < -0.3 is 14.8 Å². The number of ether oxygens (including phenoxy) is 2. The van der Waals surface area contributed by atoms with Crippen LogP contribution in [0.4, 0.5) is 5.82 Å². The molecule has 0 saturated carbocycles. The summed E-state index contributed by atoms with van der Waals surface area (Å²) in [6.45, 7) is 0. The minimum Gasteiger partial charge on any atom is -0.493 e. The molecule has 4 rings (SSSR count). The van der Waals surface area contributed by atoms with Gasteiger partial charge in [0.2, 0.25) is 5.82 Å². The number of benzene rings is 3. The highest BCUT2D eigenvalue weighted by molar-refractivity contribution is 6.13. The van der Waals surface area contributed by atoms with Crippen molar-refractivity contribution in [1.29, 1.82) is 0 Å². The number of aromatic nitrogens is 2. The van der Waals surface area contributed by atoms with Gasteiger partial charge >= 0.3 is 0 Å². The molecule has 7 nitrogen and oxygen atoms in total. The van der Waals surface area contributed by atoms with Crippen LogP contribution in [0.5, 0.6) is 11.5 Å². The van der Waals surface area contributed by atoms with Gasteiger partial charge in [0.05, 0.1) is 14.2 Å². The van der Waals surface area contributed by atoms with E-state index < -0.39 is 0 Å². The number of hydrogen-bond donors (Lipinski definition) is 1. The molecule has 0 spiro atoms. The monoisotopic (exact) mass is 375 g/mol. The molecule has 7 heteroatoms. The molecule has 4 aromatic rings. The maximum Gasteiger partial charge on any atom is 0.257 e. The Balaban J connectivity index is 1.67. The molecule has 0 radical (unpaired) electrons. The van der Waals surface area contributed by atoms with E-state index in [-0.39, 0.29) is 11.7 Å². The summed E-state index contributed by atoms with van der Waals surface area (Å²) in [5.41, 5.74) is 1.61. The Bertz CT molecular complexity index is 1150. The quantitative estimate of drug-likeness (QED) is 0.564. The summed E-state index contributed by atoms with van der Waals surface area (Å²) >= 11 is 0. The number of carbonyl (C=O) groups is 1. The fourth-order valence-electron chi connectivity index (χ4n) is 3.04. The molecule has 0 aliphatic carbocycles. The second-order valence-corrected chi connectivity index (χ2v) is 6.01. The normalized spacial score (nSPS) is 10.6. The van der Waals surface area contributed by atoms with E-state index in [1.807, 2.05) is 36.4 Å². The Morgan fingerprint density at radius 1 is 0.929 bits per heavy atom. The van der Waals surface area contributed by atoms with Crippen molar-refractivity contribution in [2.75, 3.05) is 19.5 Å². The van der Waals surface area contributed by atoms with E-state index in [9.17, 15) is 4.79 Å². The van der Waals surface area contributed by atoms with Crippen molar-refractivity contribution >= 4 is 22.5 Å². The highest BCUT2D eigenvalue weighted by Crippen LogP contribution is 2.34. The van der Waals surface area contributed by atoms with Crippen LogP contribution in [0.1, 0.15) is 10.4 Å². The summed E-state index contributed by atoms with van der Waals surface area (Å²) in [5.74, 6) is 1.05. The SMILES string of the molecule is COc1ccc(-c2nonc2NC(=O)c2cccc3ccccc23)cc1OC. The number of anilines is 1. The first-order valence-corrected chi connectivity index (χ1v) is 8.55. The number of hydrogen-bond acceptors (Lipinski definition) is 6. The van der Waals surface area contributed by atoms with E-state index in [4.69, 9.17) is 14.1 Å². The van der Waals surface area contributed by atoms with Crippen LogP contribution < -0.4 is 14.8 Å². The van der Waals surface area contributed by atoms with E-state index >= 15 is 0 Å².